The molecule has 1 aromatic rings. The summed E-state index contributed by atoms with van der Waals surface area (Å²) < 4.78 is 40.6. The lowest BCUT2D eigenvalue weighted by atomic mass is 9.94. The summed E-state index contributed by atoms with van der Waals surface area (Å²) in [6.45, 7) is 0. The highest BCUT2D eigenvalue weighted by Gasteiger charge is 2.33. The van der Waals surface area contributed by atoms with Gasteiger partial charge in [-0.1, -0.05) is 19.3 Å². The van der Waals surface area contributed by atoms with E-state index in [1.54, 1.807) is 30.1 Å². The fourth-order valence-electron chi connectivity index (χ4n) is 3.70. The molecule has 0 bridgehead atoms. The molecule has 1 aliphatic heterocycles. The van der Waals surface area contributed by atoms with Crippen LogP contribution in [-0.2, 0) is 15.0 Å². The molecule has 0 aromatic heterocycles. The molecule has 0 spiro atoms. The lowest BCUT2D eigenvalue weighted by Crippen LogP contribution is -2.44. The zero-order chi connectivity index (χ0) is 21.2. The molecule has 3 rings (SSSR count). The van der Waals surface area contributed by atoms with Crippen molar-refractivity contribution in [3.05, 3.63) is 35.5 Å². The predicted octanol–water partition coefficient (Wildman–Crippen LogP) is 2.36. The lowest BCUT2D eigenvalue weighted by molar-refractivity contribution is -0.129. The second-order valence-electron chi connectivity index (χ2n) is 7.23. The average Bonchev–Trinajstić information content (AvgIpc) is 2.74. The average molecular weight is 422 g/mol. The van der Waals surface area contributed by atoms with E-state index in [4.69, 9.17) is 9.47 Å². The quantitative estimate of drug-likeness (QED) is 0.728. The zero-order valence-electron chi connectivity index (χ0n) is 17.2. The van der Waals surface area contributed by atoms with Crippen molar-refractivity contribution in [3.8, 4) is 11.5 Å². The number of hydrogen-bond acceptors (Lipinski definition) is 5. The van der Waals surface area contributed by atoms with E-state index < -0.39 is 10.2 Å². The summed E-state index contributed by atoms with van der Waals surface area (Å²) in [5, 5.41) is 0. The first-order chi connectivity index (χ1) is 13.8. The summed E-state index contributed by atoms with van der Waals surface area (Å²) in [6, 6.07) is 5.12. The molecule has 158 valence electrons. The van der Waals surface area contributed by atoms with E-state index in [-0.39, 0.29) is 23.4 Å². The number of carbonyl (C=O) groups is 1. The van der Waals surface area contributed by atoms with Crippen molar-refractivity contribution in [1.82, 2.24) is 9.21 Å². The summed E-state index contributed by atoms with van der Waals surface area (Å²) >= 11 is 0. The van der Waals surface area contributed by atoms with Gasteiger partial charge in [0.25, 0.3) is 5.91 Å². The van der Waals surface area contributed by atoms with Crippen LogP contribution in [0.5, 0.6) is 11.5 Å². The minimum atomic E-state index is -4.02. The summed E-state index contributed by atoms with van der Waals surface area (Å²) in [4.78, 5) is 14.8. The number of rotatable bonds is 5. The van der Waals surface area contributed by atoms with Crippen LogP contribution in [0.2, 0.25) is 0 Å². The SMILES string of the molecule is COc1ccc(C2=NS(=O)(=O)N(C)C(C(=O)N(C)C3CCCCC3)=C2)cc1OC. The van der Waals surface area contributed by atoms with Crippen molar-refractivity contribution < 1.29 is 22.7 Å². The number of amides is 1. The normalized spacial score (nSPS) is 19.2. The molecule has 0 radical (unpaired) electrons. The van der Waals surface area contributed by atoms with Crippen LogP contribution in [0.15, 0.2) is 34.4 Å². The van der Waals surface area contributed by atoms with Gasteiger partial charge in [0, 0.05) is 25.7 Å². The fourth-order valence-corrected chi connectivity index (χ4v) is 4.61. The van der Waals surface area contributed by atoms with Crippen molar-refractivity contribution in [2.45, 2.75) is 38.1 Å². The van der Waals surface area contributed by atoms with Crippen molar-refractivity contribution >= 4 is 21.8 Å². The Labute approximate surface area is 172 Å². The molecule has 1 saturated carbocycles. The molecule has 0 unspecified atom stereocenters. The Hall–Kier alpha value is -2.55. The van der Waals surface area contributed by atoms with Crippen LogP contribution in [0.3, 0.4) is 0 Å². The van der Waals surface area contributed by atoms with Crippen LogP contribution in [0, 0.1) is 0 Å². The van der Waals surface area contributed by atoms with Gasteiger partial charge in [0.2, 0.25) is 0 Å². The second-order valence-corrected chi connectivity index (χ2v) is 8.86. The smallest absolute Gasteiger partial charge is 0.345 e. The van der Waals surface area contributed by atoms with Gasteiger partial charge in [-0.2, -0.15) is 8.42 Å². The van der Waals surface area contributed by atoms with Crippen molar-refractivity contribution in [2.75, 3.05) is 28.3 Å². The lowest BCUT2D eigenvalue weighted by Gasteiger charge is -2.34. The molecule has 1 fully saturated rings. The number of methoxy groups -OCH3 is 2. The van der Waals surface area contributed by atoms with Gasteiger partial charge in [0.05, 0.1) is 19.9 Å². The van der Waals surface area contributed by atoms with Crippen LogP contribution < -0.4 is 9.47 Å². The van der Waals surface area contributed by atoms with Crippen LogP contribution in [-0.4, -0.2) is 63.6 Å². The highest BCUT2D eigenvalue weighted by molar-refractivity contribution is 7.88. The van der Waals surface area contributed by atoms with Crippen LogP contribution in [0.25, 0.3) is 0 Å². The first-order valence-electron chi connectivity index (χ1n) is 9.58. The van der Waals surface area contributed by atoms with Gasteiger partial charge >= 0.3 is 10.2 Å². The van der Waals surface area contributed by atoms with E-state index in [1.807, 2.05) is 0 Å². The highest BCUT2D eigenvalue weighted by Crippen LogP contribution is 2.30. The van der Waals surface area contributed by atoms with E-state index in [0.29, 0.717) is 17.1 Å². The molecule has 1 aromatic carbocycles. The topological polar surface area (TPSA) is 88.5 Å². The molecular weight excluding hydrogens is 394 g/mol. The highest BCUT2D eigenvalue weighted by atomic mass is 32.2. The standard InChI is InChI=1S/C20H27N3O5S/c1-22(15-8-6-5-7-9-15)20(24)17-13-16(21-29(25,26)23(17)2)14-10-11-18(27-3)19(12-14)28-4/h10-13,15H,5-9H2,1-4H3. The Morgan fingerprint density at radius 3 is 2.41 bits per heavy atom. The van der Waals surface area contributed by atoms with Crippen molar-refractivity contribution in [1.29, 1.82) is 0 Å². The van der Waals surface area contributed by atoms with Crippen molar-refractivity contribution in [3.63, 3.8) is 0 Å². The van der Waals surface area contributed by atoms with Gasteiger partial charge in [-0.3, -0.25) is 4.79 Å². The van der Waals surface area contributed by atoms with E-state index in [2.05, 4.69) is 4.40 Å². The maximum atomic E-state index is 13.1. The molecule has 29 heavy (non-hydrogen) atoms. The van der Waals surface area contributed by atoms with Gasteiger partial charge in [-0.25, -0.2) is 4.31 Å². The minimum absolute atomic E-state index is 0.0814. The maximum absolute atomic E-state index is 13.1. The molecule has 2 aliphatic rings. The third-order valence-electron chi connectivity index (χ3n) is 5.51. The molecule has 0 atom stereocenters. The molecule has 1 amide bonds. The van der Waals surface area contributed by atoms with Crippen LogP contribution in [0.1, 0.15) is 37.7 Å². The van der Waals surface area contributed by atoms with E-state index >= 15 is 0 Å². The van der Waals surface area contributed by atoms with E-state index in [1.165, 1.54) is 33.8 Å². The third-order valence-corrected chi connectivity index (χ3v) is 6.83. The first-order valence-corrected chi connectivity index (χ1v) is 11.0. The number of ether oxygens (including phenoxy) is 2. The number of hydrogen-bond donors (Lipinski definition) is 0. The second kappa shape index (κ2) is 8.44. The molecule has 8 nitrogen and oxygen atoms in total. The largest absolute Gasteiger partial charge is 0.493 e. The summed E-state index contributed by atoms with van der Waals surface area (Å²) in [5.41, 5.74) is 0.784. The summed E-state index contributed by atoms with van der Waals surface area (Å²) in [7, 11) is 2.09. The number of allylic oxidation sites excluding steroid dienone is 1. The van der Waals surface area contributed by atoms with Gasteiger partial charge < -0.3 is 14.4 Å². The van der Waals surface area contributed by atoms with Gasteiger partial charge in [0.1, 0.15) is 5.70 Å². The number of likely N-dealkylation sites (N-methyl/N-ethyl adjacent to an activating group) is 2. The summed E-state index contributed by atoms with van der Waals surface area (Å²) in [5.74, 6) is 0.644. The number of carbonyl (C=O) groups excluding carboxylic acids is 1. The fraction of sp³-hybridized carbons (Fsp3) is 0.500. The van der Waals surface area contributed by atoms with Gasteiger partial charge in [0.15, 0.2) is 11.5 Å². The van der Waals surface area contributed by atoms with Crippen LogP contribution in [0.4, 0.5) is 0 Å². The Kier molecular flexibility index (Phi) is 6.16. The predicted molar refractivity (Wildman–Crippen MR) is 110 cm³/mol. The van der Waals surface area contributed by atoms with Gasteiger partial charge in [-0.05, 0) is 37.1 Å². The Bertz CT molecular complexity index is 949. The summed E-state index contributed by atoms with van der Waals surface area (Å²) in [6.07, 6.45) is 6.71. The molecule has 9 heteroatoms. The molecular formula is C20H27N3O5S. The molecule has 0 saturated heterocycles. The molecule has 1 heterocycles. The molecule has 1 aliphatic carbocycles. The van der Waals surface area contributed by atoms with Crippen molar-refractivity contribution in [2.24, 2.45) is 4.40 Å². The monoisotopic (exact) mass is 421 g/mol. The first kappa shape index (κ1) is 21.2. The third kappa shape index (κ3) is 4.24. The Balaban J connectivity index is 1.98. The zero-order valence-corrected chi connectivity index (χ0v) is 18.0. The van der Waals surface area contributed by atoms with E-state index in [9.17, 15) is 13.2 Å². The van der Waals surface area contributed by atoms with Gasteiger partial charge in [-0.15, -0.1) is 4.40 Å². The molecule has 0 N–H and O–H groups in total. The van der Waals surface area contributed by atoms with Crippen LogP contribution >= 0.6 is 0 Å². The van der Waals surface area contributed by atoms with E-state index in [0.717, 1.165) is 30.0 Å². The minimum Gasteiger partial charge on any atom is -0.493 e. The Morgan fingerprint density at radius 2 is 1.79 bits per heavy atom. The maximum Gasteiger partial charge on any atom is 0.345 e. The number of benzene rings is 1. The number of nitrogens with zero attached hydrogens (tertiary/aromatic N) is 3. The Morgan fingerprint density at radius 1 is 1.14 bits per heavy atom.